The summed E-state index contributed by atoms with van der Waals surface area (Å²) in [7, 11) is 0. The monoisotopic (exact) mass is 650 g/mol. The number of hydrogen-bond donors (Lipinski definition) is 0. The normalized spacial score (nSPS) is 11.5. The van der Waals surface area contributed by atoms with Crippen LogP contribution in [-0.2, 0) is 0 Å². The van der Waals surface area contributed by atoms with Gasteiger partial charge in [-0.15, -0.1) is 0 Å². The molecule has 0 unspecified atom stereocenters. The molecule has 3 aromatic heterocycles. The summed E-state index contributed by atoms with van der Waals surface area (Å²) in [6, 6.07) is 63.6. The van der Waals surface area contributed by atoms with Crippen molar-refractivity contribution in [3.05, 3.63) is 182 Å². The van der Waals surface area contributed by atoms with E-state index in [2.05, 4.69) is 150 Å². The Labute approximate surface area is 295 Å². The first-order chi connectivity index (χ1) is 25.3. The number of hydrogen-bond acceptors (Lipinski definition) is 3. The number of nitrogens with zero attached hydrogens (tertiary/aromatic N) is 4. The second-order valence-corrected chi connectivity index (χ2v) is 12.8. The van der Waals surface area contributed by atoms with Crippen molar-refractivity contribution in [1.82, 2.24) is 19.5 Å². The van der Waals surface area contributed by atoms with Gasteiger partial charge in [-0.05, 0) is 41.1 Å². The van der Waals surface area contributed by atoms with Crippen LogP contribution in [0.5, 0.6) is 0 Å². The Morgan fingerprint density at radius 2 is 0.961 bits per heavy atom. The molecule has 0 N–H and O–H groups in total. The summed E-state index contributed by atoms with van der Waals surface area (Å²) in [5.74, 6) is 0.705. The third-order valence-electron chi connectivity index (χ3n) is 9.78. The molecule has 10 aromatic rings. The van der Waals surface area contributed by atoms with E-state index in [1.54, 1.807) is 0 Å². The molecule has 0 radical (unpaired) electrons. The highest BCUT2D eigenvalue weighted by Gasteiger charge is 2.22. The van der Waals surface area contributed by atoms with Crippen molar-refractivity contribution in [2.75, 3.05) is 0 Å². The summed E-state index contributed by atoms with van der Waals surface area (Å²) in [4.78, 5) is 15.5. The molecular weight excluding hydrogens is 621 g/mol. The fourth-order valence-electron chi connectivity index (χ4n) is 7.42. The maximum atomic E-state index is 5.41. The SMILES string of the molecule is c1ccc(-c2cc(-c3ccc(-n4c5ccccc5c5c6c(ccc7ccccc76)nc(-c6ccccc6)c54)cc3)nc(-c3ccccc3)n2)cc1. The minimum Gasteiger partial charge on any atom is -0.307 e. The van der Waals surface area contributed by atoms with E-state index in [0.717, 1.165) is 61.6 Å². The van der Waals surface area contributed by atoms with Crippen LogP contribution in [0.4, 0.5) is 0 Å². The highest BCUT2D eigenvalue weighted by Crippen LogP contribution is 2.43. The highest BCUT2D eigenvalue weighted by molar-refractivity contribution is 6.29. The van der Waals surface area contributed by atoms with Gasteiger partial charge in [-0.2, -0.15) is 0 Å². The van der Waals surface area contributed by atoms with Gasteiger partial charge in [-0.1, -0.05) is 152 Å². The van der Waals surface area contributed by atoms with Gasteiger partial charge in [-0.3, -0.25) is 0 Å². The van der Waals surface area contributed by atoms with Crippen LogP contribution in [0.2, 0.25) is 0 Å². The number of fused-ring (bicyclic) bond motifs is 7. The first-order valence-electron chi connectivity index (χ1n) is 17.2. The molecule has 0 amide bonds. The summed E-state index contributed by atoms with van der Waals surface area (Å²) < 4.78 is 2.38. The van der Waals surface area contributed by atoms with Crippen molar-refractivity contribution in [3.8, 4) is 50.8 Å². The summed E-state index contributed by atoms with van der Waals surface area (Å²) in [5, 5.41) is 6.01. The fourth-order valence-corrected chi connectivity index (χ4v) is 7.42. The predicted molar refractivity (Wildman–Crippen MR) is 211 cm³/mol. The van der Waals surface area contributed by atoms with Crippen LogP contribution < -0.4 is 0 Å². The molecule has 10 rings (SSSR count). The molecule has 4 heteroatoms. The van der Waals surface area contributed by atoms with Crippen LogP contribution in [0, 0.1) is 0 Å². The minimum atomic E-state index is 0.705. The molecule has 238 valence electrons. The van der Waals surface area contributed by atoms with Gasteiger partial charge < -0.3 is 4.57 Å². The maximum absolute atomic E-state index is 5.41. The smallest absolute Gasteiger partial charge is 0.160 e. The van der Waals surface area contributed by atoms with Gasteiger partial charge in [-0.25, -0.2) is 15.0 Å². The average molecular weight is 651 g/mol. The topological polar surface area (TPSA) is 43.6 Å². The first kappa shape index (κ1) is 29.0. The molecule has 0 spiro atoms. The lowest BCUT2D eigenvalue weighted by Crippen LogP contribution is -1.99. The maximum Gasteiger partial charge on any atom is 0.160 e. The first-order valence-corrected chi connectivity index (χ1v) is 17.2. The second-order valence-electron chi connectivity index (χ2n) is 12.8. The minimum absolute atomic E-state index is 0.705. The van der Waals surface area contributed by atoms with Gasteiger partial charge in [0.05, 0.1) is 33.6 Å². The molecule has 0 aliphatic rings. The van der Waals surface area contributed by atoms with E-state index in [1.807, 2.05) is 36.4 Å². The largest absolute Gasteiger partial charge is 0.307 e. The molecule has 0 atom stereocenters. The molecule has 0 saturated heterocycles. The molecule has 0 fully saturated rings. The molecule has 0 aliphatic carbocycles. The Kier molecular flexibility index (Phi) is 6.78. The van der Waals surface area contributed by atoms with E-state index in [0.29, 0.717) is 5.82 Å². The van der Waals surface area contributed by atoms with Gasteiger partial charge in [0, 0.05) is 44.1 Å². The molecule has 0 bridgehead atoms. The molecular formula is C47H30N4. The van der Waals surface area contributed by atoms with Crippen molar-refractivity contribution in [3.63, 3.8) is 0 Å². The summed E-state index contributed by atoms with van der Waals surface area (Å²) in [5.41, 5.74) is 11.2. The number of benzene rings is 7. The van der Waals surface area contributed by atoms with Crippen molar-refractivity contribution in [2.24, 2.45) is 0 Å². The Morgan fingerprint density at radius 3 is 1.67 bits per heavy atom. The molecule has 7 aromatic carbocycles. The quantitative estimate of drug-likeness (QED) is 0.174. The van der Waals surface area contributed by atoms with Gasteiger partial charge in [0.15, 0.2) is 5.82 Å². The average Bonchev–Trinajstić information content (AvgIpc) is 3.56. The standard InChI is InChI=1S/C47H30N4/c1-4-15-32(16-5-1)40-30-41(50-47(49-40)35-19-8-3-9-20-35)33-24-27-36(28-25-33)51-42-23-13-12-22-38(42)44-43-37-21-11-10-14-31(37)26-29-39(43)48-45(46(44)51)34-17-6-2-7-18-34/h1-30H. The Balaban J connectivity index is 1.22. The van der Waals surface area contributed by atoms with Crippen LogP contribution in [-0.4, -0.2) is 19.5 Å². The lowest BCUT2D eigenvalue weighted by Gasteiger charge is -2.14. The van der Waals surface area contributed by atoms with Crippen LogP contribution >= 0.6 is 0 Å². The molecule has 51 heavy (non-hydrogen) atoms. The van der Waals surface area contributed by atoms with Crippen molar-refractivity contribution in [2.45, 2.75) is 0 Å². The van der Waals surface area contributed by atoms with Crippen LogP contribution in [0.25, 0.3) is 94.3 Å². The summed E-state index contributed by atoms with van der Waals surface area (Å²) in [6.45, 7) is 0. The summed E-state index contributed by atoms with van der Waals surface area (Å²) >= 11 is 0. The van der Waals surface area contributed by atoms with E-state index >= 15 is 0 Å². The second kappa shape index (κ2) is 11.9. The van der Waals surface area contributed by atoms with E-state index < -0.39 is 0 Å². The zero-order chi connectivity index (χ0) is 33.7. The van der Waals surface area contributed by atoms with Gasteiger partial charge in [0.25, 0.3) is 0 Å². The number of para-hydroxylation sites is 1. The number of rotatable bonds is 5. The molecule has 0 saturated carbocycles. The third kappa shape index (κ3) is 4.88. The van der Waals surface area contributed by atoms with Gasteiger partial charge >= 0.3 is 0 Å². The van der Waals surface area contributed by atoms with Gasteiger partial charge in [0.1, 0.15) is 0 Å². The predicted octanol–water partition coefficient (Wildman–Crippen LogP) is 11.9. The molecule has 0 aliphatic heterocycles. The zero-order valence-electron chi connectivity index (χ0n) is 27.6. The lowest BCUT2D eigenvalue weighted by atomic mass is 9.98. The van der Waals surface area contributed by atoms with Crippen molar-refractivity contribution in [1.29, 1.82) is 0 Å². The van der Waals surface area contributed by atoms with Crippen molar-refractivity contribution >= 4 is 43.5 Å². The number of pyridine rings is 1. The Morgan fingerprint density at radius 1 is 0.392 bits per heavy atom. The van der Waals surface area contributed by atoms with Gasteiger partial charge in [0.2, 0.25) is 0 Å². The molecule has 4 nitrogen and oxygen atoms in total. The summed E-state index contributed by atoms with van der Waals surface area (Å²) in [6.07, 6.45) is 0. The highest BCUT2D eigenvalue weighted by atomic mass is 15.0. The Bertz CT molecular complexity index is 2820. The van der Waals surface area contributed by atoms with E-state index in [4.69, 9.17) is 15.0 Å². The van der Waals surface area contributed by atoms with Crippen molar-refractivity contribution < 1.29 is 0 Å². The van der Waals surface area contributed by atoms with E-state index in [1.165, 1.54) is 26.9 Å². The fraction of sp³-hybridized carbons (Fsp3) is 0. The van der Waals surface area contributed by atoms with E-state index in [-0.39, 0.29) is 0 Å². The zero-order valence-corrected chi connectivity index (χ0v) is 27.6. The third-order valence-corrected chi connectivity index (χ3v) is 9.78. The lowest BCUT2D eigenvalue weighted by molar-refractivity contribution is 1.16. The van der Waals surface area contributed by atoms with Crippen LogP contribution in [0.3, 0.4) is 0 Å². The van der Waals surface area contributed by atoms with Crippen LogP contribution in [0.1, 0.15) is 0 Å². The Hall–Kier alpha value is -6.91. The number of aromatic nitrogens is 4. The van der Waals surface area contributed by atoms with E-state index in [9.17, 15) is 0 Å². The molecule has 3 heterocycles. The van der Waals surface area contributed by atoms with Crippen LogP contribution in [0.15, 0.2) is 182 Å².